The van der Waals surface area contributed by atoms with Crippen molar-refractivity contribution >= 4 is 12.2 Å². The van der Waals surface area contributed by atoms with Gasteiger partial charge < -0.3 is 15.9 Å². The van der Waals surface area contributed by atoms with E-state index in [4.69, 9.17) is 15.9 Å². The van der Waals surface area contributed by atoms with E-state index >= 15 is 0 Å². The summed E-state index contributed by atoms with van der Waals surface area (Å²) in [5.74, 6) is 0. The highest BCUT2D eigenvalue weighted by atomic mass is 16.4. The fraction of sp³-hybridized carbons (Fsp3) is 0.250. The van der Waals surface area contributed by atoms with Crippen LogP contribution in [0.25, 0.3) is 0 Å². The van der Waals surface area contributed by atoms with Gasteiger partial charge in [0, 0.05) is 18.9 Å². The van der Waals surface area contributed by atoms with E-state index < -0.39 is 18.4 Å². The van der Waals surface area contributed by atoms with Crippen LogP contribution in [0.4, 0.5) is 9.59 Å². The Morgan fingerprint density at radius 1 is 1.31 bits per heavy atom. The molecule has 0 saturated heterocycles. The molecule has 0 radical (unpaired) electrons. The number of carbonyl (C=O) groups is 2. The molecule has 0 aliphatic carbocycles. The molecule has 0 rings (SSSR count). The molecular formula is C8H14N4O4. The average Bonchev–Trinajstić information content (AvgIpc) is 2.22. The lowest BCUT2D eigenvalue weighted by atomic mass is 10.4. The molecule has 0 bridgehead atoms. The van der Waals surface area contributed by atoms with Gasteiger partial charge in [0.25, 0.3) is 0 Å². The Bertz CT molecular complexity index is 294. The van der Waals surface area contributed by atoms with Crippen molar-refractivity contribution in [2.45, 2.75) is 6.17 Å². The van der Waals surface area contributed by atoms with E-state index in [2.05, 4.69) is 18.6 Å². The van der Waals surface area contributed by atoms with Gasteiger partial charge in [0.15, 0.2) is 0 Å². The second-order valence-corrected chi connectivity index (χ2v) is 2.59. The summed E-state index contributed by atoms with van der Waals surface area (Å²) in [6.07, 6.45) is -1.57. The Balaban J connectivity index is 4.72. The summed E-state index contributed by atoms with van der Waals surface area (Å²) in [6, 6.07) is 0. The number of amides is 2. The molecule has 0 spiro atoms. The van der Waals surface area contributed by atoms with E-state index in [9.17, 15) is 9.59 Å². The van der Waals surface area contributed by atoms with Crippen LogP contribution in [0.2, 0.25) is 0 Å². The van der Waals surface area contributed by atoms with Crippen LogP contribution in [0, 0.1) is 0 Å². The Kier molecular flexibility index (Phi) is 5.60. The van der Waals surface area contributed by atoms with Gasteiger partial charge in [-0.2, -0.15) is 0 Å². The molecular weight excluding hydrogens is 216 g/mol. The lowest BCUT2D eigenvalue weighted by molar-refractivity contribution is 0.0973. The molecule has 0 fully saturated rings. The monoisotopic (exact) mass is 230 g/mol. The first-order valence-corrected chi connectivity index (χ1v) is 4.22. The Labute approximate surface area is 92.2 Å². The molecule has 0 aromatic carbocycles. The minimum Gasteiger partial charge on any atom is -0.465 e. The lowest BCUT2D eigenvalue weighted by Crippen LogP contribution is -2.55. The number of nitrogens with zero attached hydrogens (tertiary/aromatic N) is 2. The molecule has 8 nitrogen and oxygen atoms in total. The van der Waals surface area contributed by atoms with E-state index in [0.29, 0.717) is 5.01 Å². The summed E-state index contributed by atoms with van der Waals surface area (Å²) in [5.41, 5.74) is 7.67. The number of carboxylic acid groups (broad SMARTS) is 2. The second kappa shape index (κ2) is 6.43. The third-order valence-corrected chi connectivity index (χ3v) is 1.65. The topological polar surface area (TPSA) is 119 Å². The number of hydrogen-bond donors (Lipinski definition) is 4. The molecule has 2 amide bonds. The average molecular weight is 230 g/mol. The van der Waals surface area contributed by atoms with Crippen molar-refractivity contribution < 1.29 is 19.8 Å². The molecule has 0 aliphatic heterocycles. The number of rotatable bonds is 6. The lowest BCUT2D eigenvalue weighted by Gasteiger charge is -2.29. The smallest absolute Gasteiger partial charge is 0.426 e. The first-order valence-electron chi connectivity index (χ1n) is 4.22. The van der Waals surface area contributed by atoms with E-state index in [0.717, 1.165) is 17.3 Å². The van der Waals surface area contributed by atoms with Crippen LogP contribution in [-0.4, -0.2) is 45.0 Å². The van der Waals surface area contributed by atoms with Gasteiger partial charge >= 0.3 is 12.2 Å². The van der Waals surface area contributed by atoms with Gasteiger partial charge in [-0.15, -0.1) is 0 Å². The first-order chi connectivity index (χ1) is 7.47. The van der Waals surface area contributed by atoms with Crippen LogP contribution in [0.15, 0.2) is 25.6 Å². The van der Waals surface area contributed by atoms with Gasteiger partial charge in [-0.25, -0.2) is 20.0 Å². The molecule has 5 N–H and O–H groups in total. The summed E-state index contributed by atoms with van der Waals surface area (Å²) in [5, 5.41) is 18.0. The van der Waals surface area contributed by atoms with E-state index in [1.54, 1.807) is 0 Å². The van der Waals surface area contributed by atoms with Crippen molar-refractivity contribution in [3.05, 3.63) is 25.6 Å². The fourth-order valence-corrected chi connectivity index (χ4v) is 0.914. The van der Waals surface area contributed by atoms with E-state index in [1.165, 1.54) is 0 Å². The largest absolute Gasteiger partial charge is 0.465 e. The highest BCUT2D eigenvalue weighted by Crippen LogP contribution is 1.98. The molecule has 0 aromatic heterocycles. The maximum Gasteiger partial charge on any atom is 0.426 e. The third kappa shape index (κ3) is 3.59. The Morgan fingerprint density at radius 3 is 2.12 bits per heavy atom. The normalized spacial score (nSPS) is 11.3. The van der Waals surface area contributed by atoms with Crippen LogP contribution in [-0.2, 0) is 0 Å². The van der Waals surface area contributed by atoms with Crippen molar-refractivity contribution in [2.75, 3.05) is 6.54 Å². The van der Waals surface area contributed by atoms with Gasteiger partial charge in [0.2, 0.25) is 0 Å². The quantitative estimate of drug-likeness (QED) is 0.377. The molecule has 90 valence electrons. The van der Waals surface area contributed by atoms with Crippen molar-refractivity contribution in [1.82, 2.24) is 15.3 Å². The van der Waals surface area contributed by atoms with Crippen molar-refractivity contribution in [3.8, 4) is 0 Å². The second-order valence-electron chi connectivity index (χ2n) is 2.59. The zero-order valence-electron chi connectivity index (χ0n) is 8.54. The number of hydrazine groups is 1. The molecule has 0 heterocycles. The minimum atomic E-state index is -1.33. The van der Waals surface area contributed by atoms with Gasteiger partial charge in [-0.1, -0.05) is 13.2 Å². The summed E-state index contributed by atoms with van der Waals surface area (Å²) in [7, 11) is 0. The molecule has 0 aliphatic rings. The molecule has 16 heavy (non-hydrogen) atoms. The van der Waals surface area contributed by atoms with Crippen molar-refractivity contribution in [3.63, 3.8) is 0 Å². The summed E-state index contributed by atoms with van der Waals surface area (Å²) in [6.45, 7) is 6.41. The first kappa shape index (κ1) is 13.9. The third-order valence-electron chi connectivity index (χ3n) is 1.65. The Morgan fingerprint density at radius 2 is 1.88 bits per heavy atom. The van der Waals surface area contributed by atoms with Crippen LogP contribution in [0.1, 0.15) is 0 Å². The van der Waals surface area contributed by atoms with Gasteiger partial charge in [-0.3, -0.25) is 4.90 Å². The highest BCUT2D eigenvalue weighted by Gasteiger charge is 2.22. The number of nitrogens with two attached hydrogens (primary N) is 1. The van der Waals surface area contributed by atoms with Crippen LogP contribution in [0.5, 0.6) is 0 Å². The molecule has 8 heteroatoms. The van der Waals surface area contributed by atoms with Gasteiger partial charge in [0.1, 0.15) is 6.17 Å². The summed E-state index contributed by atoms with van der Waals surface area (Å²) < 4.78 is 0. The van der Waals surface area contributed by atoms with Crippen LogP contribution < -0.4 is 11.2 Å². The predicted octanol–water partition coefficient (Wildman–Crippen LogP) is 0.0228. The minimum absolute atomic E-state index is 0.129. The highest BCUT2D eigenvalue weighted by molar-refractivity contribution is 5.67. The summed E-state index contributed by atoms with van der Waals surface area (Å²) >= 11 is 0. The van der Waals surface area contributed by atoms with E-state index in [1.807, 2.05) is 0 Å². The van der Waals surface area contributed by atoms with Gasteiger partial charge in [-0.05, 0) is 0 Å². The van der Waals surface area contributed by atoms with Crippen LogP contribution in [0.3, 0.4) is 0 Å². The van der Waals surface area contributed by atoms with Crippen molar-refractivity contribution in [2.24, 2.45) is 5.73 Å². The molecule has 1 unspecified atom stereocenters. The van der Waals surface area contributed by atoms with Gasteiger partial charge in [0.05, 0.1) is 0 Å². The molecule has 1 atom stereocenters. The standard InChI is InChI=1S/C8H14N4O4/c1-3-11(7(13)14)6(5-9)10-12(4-2)8(15)16/h3-4,6,10H,1-2,5,9H2,(H,13,14)(H,15,16). The Hall–Kier alpha value is -2.06. The maximum atomic E-state index is 10.7. The number of nitrogens with one attached hydrogen (secondary N) is 1. The predicted molar refractivity (Wildman–Crippen MR) is 56.1 cm³/mol. The maximum absolute atomic E-state index is 10.7. The zero-order valence-corrected chi connectivity index (χ0v) is 8.54. The van der Waals surface area contributed by atoms with Crippen LogP contribution >= 0.6 is 0 Å². The number of hydrogen-bond acceptors (Lipinski definition) is 4. The molecule has 0 saturated carbocycles. The van der Waals surface area contributed by atoms with Crippen molar-refractivity contribution in [1.29, 1.82) is 0 Å². The fourth-order valence-electron chi connectivity index (χ4n) is 0.914. The van der Waals surface area contributed by atoms with E-state index in [-0.39, 0.29) is 6.54 Å². The summed E-state index contributed by atoms with van der Waals surface area (Å²) in [4.78, 5) is 22.1. The zero-order chi connectivity index (χ0) is 12.7. The SMILES string of the molecule is C=CN(NC(CN)N(C=C)C(=O)O)C(=O)O. The molecule has 0 aromatic rings.